The van der Waals surface area contributed by atoms with E-state index in [4.69, 9.17) is 9.47 Å². The van der Waals surface area contributed by atoms with Gasteiger partial charge in [0.15, 0.2) is 0 Å². The molecule has 0 aliphatic rings. The lowest BCUT2D eigenvalue weighted by Gasteiger charge is -2.08. The van der Waals surface area contributed by atoms with Crippen LogP contribution in [0.1, 0.15) is 11.1 Å². The van der Waals surface area contributed by atoms with E-state index in [1.54, 1.807) is 7.11 Å². The van der Waals surface area contributed by atoms with Gasteiger partial charge in [0.1, 0.15) is 17.2 Å². The maximum absolute atomic E-state index is 5.70. The smallest absolute Gasteiger partial charge is 0.127 e. The lowest BCUT2D eigenvalue weighted by atomic mass is 10.2. The second-order valence-corrected chi connectivity index (χ2v) is 5.20. The zero-order chi connectivity index (χ0) is 16.5. The Morgan fingerprint density at radius 2 is 1.26 bits per heavy atom. The molecule has 0 heterocycles. The quantitative estimate of drug-likeness (QED) is 0.609. The van der Waals surface area contributed by atoms with E-state index >= 15 is 0 Å². The molecule has 0 N–H and O–H groups in total. The van der Waals surface area contributed by atoms with Crippen LogP contribution in [-0.4, -0.2) is 7.11 Å². The van der Waals surface area contributed by atoms with Gasteiger partial charge in [-0.3, -0.25) is 0 Å². The molecule has 0 unspecified atom stereocenters. The monoisotopic (exact) mass is 306 g/mol. The zero-order valence-corrected chi connectivity index (χ0v) is 13.8. The normalized spacial score (nSPS) is 9.52. The van der Waals surface area contributed by atoms with Crippen LogP contribution >= 0.6 is 0 Å². The van der Waals surface area contributed by atoms with E-state index in [1.807, 2.05) is 73.7 Å². The minimum Gasteiger partial charge on any atom is -0.496 e. The van der Waals surface area contributed by atoms with Crippen molar-refractivity contribution >= 4 is 0 Å². The van der Waals surface area contributed by atoms with Crippen molar-refractivity contribution in [2.24, 2.45) is 0 Å². The van der Waals surface area contributed by atoms with E-state index in [0.29, 0.717) is 0 Å². The van der Waals surface area contributed by atoms with Crippen molar-refractivity contribution in [2.75, 3.05) is 7.11 Å². The van der Waals surface area contributed by atoms with Gasteiger partial charge in [0.25, 0.3) is 0 Å². The van der Waals surface area contributed by atoms with Gasteiger partial charge >= 0.3 is 0 Å². The SMILES string of the molecule is COc1ccc(Oc2ccccc2)cc1C.Cc1ccccc1. The maximum Gasteiger partial charge on any atom is 0.127 e. The summed E-state index contributed by atoms with van der Waals surface area (Å²) in [6.07, 6.45) is 0. The summed E-state index contributed by atoms with van der Waals surface area (Å²) in [4.78, 5) is 0. The number of para-hydroxylation sites is 1. The number of rotatable bonds is 3. The molecule has 0 aromatic heterocycles. The Balaban J connectivity index is 0.000000229. The van der Waals surface area contributed by atoms with Crippen molar-refractivity contribution < 1.29 is 9.47 Å². The van der Waals surface area contributed by atoms with Gasteiger partial charge in [0, 0.05) is 0 Å². The van der Waals surface area contributed by atoms with E-state index in [-0.39, 0.29) is 0 Å². The highest BCUT2D eigenvalue weighted by Crippen LogP contribution is 2.26. The third-order valence-electron chi connectivity index (χ3n) is 3.29. The molecule has 0 saturated carbocycles. The molecule has 0 aliphatic heterocycles. The first-order chi connectivity index (χ1) is 11.2. The van der Waals surface area contributed by atoms with Crippen molar-refractivity contribution in [2.45, 2.75) is 13.8 Å². The fourth-order valence-electron chi connectivity index (χ4n) is 2.07. The Morgan fingerprint density at radius 1 is 0.652 bits per heavy atom. The van der Waals surface area contributed by atoms with Crippen LogP contribution in [0.2, 0.25) is 0 Å². The van der Waals surface area contributed by atoms with Gasteiger partial charge in [0.05, 0.1) is 7.11 Å². The molecule has 2 heteroatoms. The zero-order valence-electron chi connectivity index (χ0n) is 13.8. The molecular formula is C21H22O2. The van der Waals surface area contributed by atoms with Crippen LogP contribution in [0, 0.1) is 13.8 Å². The topological polar surface area (TPSA) is 18.5 Å². The molecule has 0 aliphatic carbocycles. The molecule has 0 radical (unpaired) electrons. The van der Waals surface area contributed by atoms with Gasteiger partial charge in [-0.1, -0.05) is 54.1 Å². The summed E-state index contributed by atoms with van der Waals surface area (Å²) in [5.74, 6) is 2.54. The van der Waals surface area contributed by atoms with Crippen LogP contribution in [0.5, 0.6) is 17.2 Å². The van der Waals surface area contributed by atoms with E-state index in [0.717, 1.165) is 22.8 Å². The maximum atomic E-state index is 5.70. The van der Waals surface area contributed by atoms with Crippen LogP contribution in [0.25, 0.3) is 0 Å². The van der Waals surface area contributed by atoms with Gasteiger partial charge in [-0.25, -0.2) is 0 Å². The molecule has 118 valence electrons. The van der Waals surface area contributed by atoms with E-state index in [1.165, 1.54) is 5.56 Å². The van der Waals surface area contributed by atoms with E-state index < -0.39 is 0 Å². The molecule has 3 aromatic carbocycles. The highest BCUT2D eigenvalue weighted by atomic mass is 16.5. The van der Waals surface area contributed by atoms with Crippen LogP contribution < -0.4 is 9.47 Å². The van der Waals surface area contributed by atoms with Crippen LogP contribution in [0.4, 0.5) is 0 Å². The molecule has 0 saturated heterocycles. The lowest BCUT2D eigenvalue weighted by Crippen LogP contribution is -1.89. The fourth-order valence-corrected chi connectivity index (χ4v) is 2.07. The third kappa shape index (κ3) is 5.51. The first-order valence-corrected chi connectivity index (χ1v) is 7.58. The number of aryl methyl sites for hydroxylation is 2. The third-order valence-corrected chi connectivity index (χ3v) is 3.29. The first kappa shape index (κ1) is 16.6. The van der Waals surface area contributed by atoms with Gasteiger partial charge < -0.3 is 9.47 Å². The summed E-state index contributed by atoms with van der Waals surface area (Å²) < 4.78 is 10.9. The summed E-state index contributed by atoms with van der Waals surface area (Å²) >= 11 is 0. The van der Waals surface area contributed by atoms with Crippen LogP contribution in [0.15, 0.2) is 78.9 Å². The lowest BCUT2D eigenvalue weighted by molar-refractivity contribution is 0.409. The van der Waals surface area contributed by atoms with Crippen molar-refractivity contribution in [3.05, 3.63) is 90.0 Å². The number of benzene rings is 3. The molecule has 0 spiro atoms. The van der Waals surface area contributed by atoms with Gasteiger partial charge in [-0.05, 0) is 49.7 Å². The Morgan fingerprint density at radius 3 is 1.74 bits per heavy atom. The number of methoxy groups -OCH3 is 1. The molecule has 0 atom stereocenters. The van der Waals surface area contributed by atoms with Crippen molar-refractivity contribution in [3.63, 3.8) is 0 Å². The Bertz CT molecular complexity index is 706. The number of ether oxygens (including phenoxy) is 2. The molecule has 3 rings (SSSR count). The average molecular weight is 306 g/mol. The van der Waals surface area contributed by atoms with Crippen molar-refractivity contribution in [1.29, 1.82) is 0 Å². The standard InChI is InChI=1S/C14H14O2.C7H8/c1-11-10-13(8-9-14(11)15-2)16-12-6-4-3-5-7-12;1-7-5-3-2-4-6-7/h3-10H,1-2H3;2-6H,1H3. The first-order valence-electron chi connectivity index (χ1n) is 7.58. The molecule has 0 bridgehead atoms. The molecule has 0 amide bonds. The summed E-state index contributed by atoms with van der Waals surface area (Å²) in [6.45, 7) is 4.08. The fraction of sp³-hybridized carbons (Fsp3) is 0.143. The van der Waals surface area contributed by atoms with Gasteiger partial charge in [-0.2, -0.15) is 0 Å². The number of hydrogen-bond donors (Lipinski definition) is 0. The van der Waals surface area contributed by atoms with Crippen LogP contribution in [-0.2, 0) is 0 Å². The predicted molar refractivity (Wildman–Crippen MR) is 95.4 cm³/mol. The van der Waals surface area contributed by atoms with Crippen molar-refractivity contribution in [3.8, 4) is 17.2 Å². The second kappa shape index (κ2) is 8.64. The van der Waals surface area contributed by atoms with Crippen LogP contribution in [0.3, 0.4) is 0 Å². The molecular weight excluding hydrogens is 284 g/mol. The largest absolute Gasteiger partial charge is 0.496 e. The van der Waals surface area contributed by atoms with Gasteiger partial charge in [-0.15, -0.1) is 0 Å². The molecule has 3 aromatic rings. The number of hydrogen-bond acceptors (Lipinski definition) is 2. The second-order valence-electron chi connectivity index (χ2n) is 5.20. The Labute approximate surface area is 138 Å². The minimum absolute atomic E-state index is 0.824. The summed E-state index contributed by atoms with van der Waals surface area (Å²) in [7, 11) is 1.67. The summed E-state index contributed by atoms with van der Waals surface area (Å²) in [5.41, 5.74) is 2.39. The average Bonchev–Trinajstić information content (AvgIpc) is 2.57. The highest BCUT2D eigenvalue weighted by Gasteiger charge is 2.01. The van der Waals surface area contributed by atoms with E-state index in [2.05, 4.69) is 19.1 Å². The summed E-state index contributed by atoms with van der Waals surface area (Å²) in [5, 5.41) is 0. The van der Waals surface area contributed by atoms with E-state index in [9.17, 15) is 0 Å². The Kier molecular flexibility index (Phi) is 6.25. The van der Waals surface area contributed by atoms with Gasteiger partial charge in [0.2, 0.25) is 0 Å². The molecule has 2 nitrogen and oxygen atoms in total. The minimum atomic E-state index is 0.824. The highest BCUT2D eigenvalue weighted by molar-refractivity contribution is 5.41. The molecule has 23 heavy (non-hydrogen) atoms. The molecule has 0 fully saturated rings. The van der Waals surface area contributed by atoms with Crippen molar-refractivity contribution in [1.82, 2.24) is 0 Å². The summed E-state index contributed by atoms with van der Waals surface area (Å²) in [6, 6.07) is 25.8. The predicted octanol–water partition coefficient (Wildman–Crippen LogP) is 5.79. The Hall–Kier alpha value is -2.74.